The van der Waals surface area contributed by atoms with Gasteiger partial charge in [-0.1, -0.05) is 5.92 Å². The van der Waals surface area contributed by atoms with Gasteiger partial charge in [-0.05, 0) is 44.7 Å². The van der Waals surface area contributed by atoms with E-state index in [1.54, 1.807) is 20.0 Å². The van der Waals surface area contributed by atoms with Crippen LogP contribution >= 0.6 is 0 Å². The molecule has 1 aromatic rings. The van der Waals surface area contributed by atoms with Crippen LogP contribution in [-0.4, -0.2) is 35.8 Å². The molecule has 116 valence electrons. The fraction of sp³-hybridized carbons (Fsp3) is 0.471. The van der Waals surface area contributed by atoms with Gasteiger partial charge in [-0.15, -0.1) is 0 Å². The molecule has 0 unspecified atom stereocenters. The summed E-state index contributed by atoms with van der Waals surface area (Å²) in [6, 6.07) is 4.00. The van der Waals surface area contributed by atoms with E-state index in [0.717, 1.165) is 37.3 Å². The molecule has 22 heavy (non-hydrogen) atoms. The van der Waals surface area contributed by atoms with Gasteiger partial charge in [0.05, 0.1) is 0 Å². The van der Waals surface area contributed by atoms with Crippen molar-refractivity contribution in [1.82, 2.24) is 10.3 Å². The molecule has 0 saturated carbocycles. The quantitative estimate of drug-likeness (QED) is 0.852. The molecule has 1 saturated heterocycles. The van der Waals surface area contributed by atoms with Crippen LogP contribution < -0.4 is 10.2 Å². The van der Waals surface area contributed by atoms with Crippen LogP contribution in [0.25, 0.3) is 0 Å². The molecular formula is C17H21N3O2. The Morgan fingerprint density at radius 3 is 3.05 bits per heavy atom. The summed E-state index contributed by atoms with van der Waals surface area (Å²) in [4.78, 5) is 29.3. The van der Waals surface area contributed by atoms with Crippen molar-refractivity contribution in [2.24, 2.45) is 0 Å². The molecule has 1 aliphatic rings. The normalized spacial score (nSPS) is 17.4. The van der Waals surface area contributed by atoms with Crippen molar-refractivity contribution in [2.75, 3.05) is 18.0 Å². The zero-order chi connectivity index (χ0) is 15.9. The number of Topliss-reactive ketones (excluding diaryl/α,β-unsaturated/α-hetero) is 1. The fourth-order valence-corrected chi connectivity index (χ4v) is 2.68. The molecule has 0 radical (unpaired) electrons. The predicted octanol–water partition coefficient (Wildman–Crippen LogP) is 1.32. The van der Waals surface area contributed by atoms with Crippen LogP contribution in [-0.2, 0) is 16.0 Å². The van der Waals surface area contributed by atoms with Gasteiger partial charge in [0, 0.05) is 43.1 Å². The first kappa shape index (κ1) is 16.0. The SMILES string of the molecule is CC#CC(=O)N[C@@H]1CCCN(c2ccnc(CC(C)=O)c2)C1. The number of amides is 1. The molecule has 1 amide bonds. The van der Waals surface area contributed by atoms with Gasteiger partial charge >= 0.3 is 0 Å². The molecule has 2 rings (SSSR count). The summed E-state index contributed by atoms with van der Waals surface area (Å²) < 4.78 is 0. The van der Waals surface area contributed by atoms with Crippen molar-refractivity contribution in [3.8, 4) is 11.8 Å². The van der Waals surface area contributed by atoms with E-state index in [2.05, 4.69) is 27.0 Å². The zero-order valence-corrected chi connectivity index (χ0v) is 13.1. The summed E-state index contributed by atoms with van der Waals surface area (Å²) in [7, 11) is 0. The number of carbonyl (C=O) groups is 2. The Hall–Kier alpha value is -2.35. The van der Waals surface area contributed by atoms with Gasteiger partial charge in [-0.3, -0.25) is 14.6 Å². The molecular weight excluding hydrogens is 278 g/mol. The van der Waals surface area contributed by atoms with E-state index in [1.165, 1.54) is 0 Å². The van der Waals surface area contributed by atoms with Gasteiger partial charge in [0.25, 0.3) is 5.91 Å². The maximum Gasteiger partial charge on any atom is 0.296 e. The van der Waals surface area contributed by atoms with Crippen molar-refractivity contribution in [3.63, 3.8) is 0 Å². The van der Waals surface area contributed by atoms with Crippen molar-refractivity contribution in [2.45, 2.75) is 39.2 Å². The number of piperidine rings is 1. The molecule has 5 heteroatoms. The van der Waals surface area contributed by atoms with Crippen LogP contribution in [0.4, 0.5) is 5.69 Å². The van der Waals surface area contributed by atoms with Crippen LogP contribution in [0.15, 0.2) is 18.3 Å². The third kappa shape index (κ3) is 4.59. The number of rotatable bonds is 4. The highest BCUT2D eigenvalue weighted by Gasteiger charge is 2.21. The molecule has 0 aliphatic carbocycles. The van der Waals surface area contributed by atoms with Gasteiger partial charge in [-0.2, -0.15) is 0 Å². The van der Waals surface area contributed by atoms with Gasteiger partial charge in [0.2, 0.25) is 0 Å². The van der Waals surface area contributed by atoms with E-state index in [9.17, 15) is 9.59 Å². The third-order valence-corrected chi connectivity index (χ3v) is 3.59. The van der Waals surface area contributed by atoms with Gasteiger partial charge in [0.1, 0.15) is 5.78 Å². The molecule has 1 aromatic heterocycles. The Bertz CT molecular complexity index is 616. The lowest BCUT2D eigenvalue weighted by molar-refractivity contribution is -0.117. The average molecular weight is 299 g/mol. The number of ketones is 1. The first-order valence-corrected chi connectivity index (χ1v) is 7.51. The molecule has 1 atom stereocenters. The highest BCUT2D eigenvalue weighted by molar-refractivity contribution is 5.93. The lowest BCUT2D eigenvalue weighted by Gasteiger charge is -2.34. The van der Waals surface area contributed by atoms with Crippen LogP contribution in [0.1, 0.15) is 32.4 Å². The second-order valence-corrected chi connectivity index (χ2v) is 5.52. The summed E-state index contributed by atoms with van der Waals surface area (Å²) in [6.45, 7) is 4.91. The third-order valence-electron chi connectivity index (χ3n) is 3.59. The zero-order valence-electron chi connectivity index (χ0n) is 13.1. The Balaban J connectivity index is 2.03. The Labute approximate surface area is 131 Å². The van der Waals surface area contributed by atoms with E-state index in [-0.39, 0.29) is 17.7 Å². The highest BCUT2D eigenvalue weighted by Crippen LogP contribution is 2.20. The van der Waals surface area contributed by atoms with E-state index < -0.39 is 0 Å². The van der Waals surface area contributed by atoms with E-state index in [4.69, 9.17) is 0 Å². The summed E-state index contributed by atoms with van der Waals surface area (Å²) in [5.41, 5.74) is 1.83. The minimum Gasteiger partial charge on any atom is -0.369 e. The topological polar surface area (TPSA) is 62.3 Å². The largest absolute Gasteiger partial charge is 0.369 e. The molecule has 0 aromatic carbocycles. The fourth-order valence-electron chi connectivity index (χ4n) is 2.68. The maximum atomic E-state index is 11.6. The minimum absolute atomic E-state index is 0.103. The van der Waals surface area contributed by atoms with Gasteiger partial charge in [0.15, 0.2) is 0 Å². The summed E-state index contributed by atoms with van der Waals surface area (Å²) >= 11 is 0. The minimum atomic E-state index is -0.221. The van der Waals surface area contributed by atoms with E-state index >= 15 is 0 Å². The first-order chi connectivity index (χ1) is 10.6. The van der Waals surface area contributed by atoms with Crippen LogP contribution in [0.5, 0.6) is 0 Å². The van der Waals surface area contributed by atoms with Crippen LogP contribution in [0, 0.1) is 11.8 Å². The average Bonchev–Trinajstić information content (AvgIpc) is 2.47. The standard InChI is InChI=1S/C17H21N3O2/c1-3-5-17(22)19-14-6-4-9-20(12-14)16-7-8-18-15(11-16)10-13(2)21/h7-8,11,14H,4,6,9-10,12H2,1-2H3,(H,19,22)/t14-/m1/s1. The lowest BCUT2D eigenvalue weighted by atomic mass is 10.0. The number of pyridine rings is 1. The summed E-state index contributed by atoms with van der Waals surface area (Å²) in [5.74, 6) is 5.00. The number of aromatic nitrogens is 1. The Kier molecular flexibility index (Phi) is 5.54. The number of nitrogens with zero attached hydrogens (tertiary/aromatic N) is 2. The second-order valence-electron chi connectivity index (χ2n) is 5.52. The number of hydrogen-bond acceptors (Lipinski definition) is 4. The molecule has 1 N–H and O–H groups in total. The van der Waals surface area contributed by atoms with Crippen LogP contribution in [0.2, 0.25) is 0 Å². The van der Waals surface area contributed by atoms with Crippen molar-refractivity contribution in [1.29, 1.82) is 0 Å². The molecule has 1 aliphatic heterocycles. The lowest BCUT2D eigenvalue weighted by Crippen LogP contribution is -2.47. The predicted molar refractivity (Wildman–Crippen MR) is 85.4 cm³/mol. The summed E-state index contributed by atoms with van der Waals surface area (Å²) in [6.07, 6.45) is 4.06. The number of carbonyl (C=O) groups excluding carboxylic acids is 2. The van der Waals surface area contributed by atoms with Crippen molar-refractivity contribution < 1.29 is 9.59 Å². The second kappa shape index (κ2) is 7.60. The molecule has 2 heterocycles. The molecule has 5 nitrogen and oxygen atoms in total. The van der Waals surface area contributed by atoms with E-state index in [1.807, 2.05) is 12.1 Å². The first-order valence-electron chi connectivity index (χ1n) is 7.51. The van der Waals surface area contributed by atoms with E-state index in [0.29, 0.717) is 6.42 Å². The number of hydrogen-bond donors (Lipinski definition) is 1. The monoisotopic (exact) mass is 299 g/mol. The number of nitrogens with one attached hydrogen (secondary N) is 1. The van der Waals surface area contributed by atoms with Crippen LogP contribution in [0.3, 0.4) is 0 Å². The van der Waals surface area contributed by atoms with Gasteiger partial charge in [-0.25, -0.2) is 0 Å². The highest BCUT2D eigenvalue weighted by atomic mass is 16.1. The maximum absolute atomic E-state index is 11.6. The van der Waals surface area contributed by atoms with Crippen molar-refractivity contribution >= 4 is 17.4 Å². The molecule has 1 fully saturated rings. The Morgan fingerprint density at radius 2 is 2.32 bits per heavy atom. The smallest absolute Gasteiger partial charge is 0.296 e. The van der Waals surface area contributed by atoms with Crippen molar-refractivity contribution in [3.05, 3.63) is 24.0 Å². The molecule has 0 spiro atoms. The number of anilines is 1. The molecule has 0 bridgehead atoms. The summed E-state index contributed by atoms with van der Waals surface area (Å²) in [5, 5.41) is 2.94. The van der Waals surface area contributed by atoms with Gasteiger partial charge < -0.3 is 10.2 Å². The Morgan fingerprint density at radius 1 is 1.50 bits per heavy atom.